The lowest BCUT2D eigenvalue weighted by Gasteiger charge is -2.47. The second kappa shape index (κ2) is 4.51. The first-order valence-corrected chi connectivity index (χ1v) is 5.60. The molecule has 86 valence electrons. The molecule has 3 nitrogen and oxygen atoms in total. The maximum atomic E-state index is 9.27. The summed E-state index contributed by atoms with van der Waals surface area (Å²) in [6.45, 7) is 9.45. The average Bonchev–Trinajstić information content (AvgIpc) is 2.14. The minimum atomic E-state index is 0.00361. The van der Waals surface area contributed by atoms with E-state index in [0.29, 0.717) is 6.04 Å². The Morgan fingerprint density at radius 2 is 2.07 bits per heavy atom. The predicted molar refractivity (Wildman–Crippen MR) is 60.4 cm³/mol. The van der Waals surface area contributed by atoms with Crippen molar-refractivity contribution in [2.45, 2.75) is 52.3 Å². The van der Waals surface area contributed by atoms with Crippen molar-refractivity contribution in [2.24, 2.45) is 5.41 Å². The van der Waals surface area contributed by atoms with Gasteiger partial charge < -0.3 is 4.74 Å². The third-order valence-electron chi connectivity index (χ3n) is 3.36. The van der Waals surface area contributed by atoms with Gasteiger partial charge in [-0.05, 0) is 25.7 Å². The van der Waals surface area contributed by atoms with Gasteiger partial charge in [0.05, 0.1) is 12.2 Å². The van der Waals surface area contributed by atoms with Crippen LogP contribution in [-0.2, 0) is 4.74 Å². The fraction of sp³-hybridized carbons (Fsp3) is 0.917. The van der Waals surface area contributed by atoms with Gasteiger partial charge in [0.2, 0.25) is 0 Å². The number of likely N-dealkylation sites (tertiary alicyclic amines) is 1. The summed E-state index contributed by atoms with van der Waals surface area (Å²) in [5, 5.41) is 9.27. The van der Waals surface area contributed by atoms with Crippen LogP contribution in [0.5, 0.6) is 0 Å². The van der Waals surface area contributed by atoms with E-state index < -0.39 is 0 Å². The lowest BCUT2D eigenvalue weighted by atomic mass is 9.75. The Morgan fingerprint density at radius 1 is 1.47 bits per heavy atom. The quantitative estimate of drug-likeness (QED) is 0.699. The molecule has 15 heavy (non-hydrogen) atoms. The van der Waals surface area contributed by atoms with E-state index in [1.54, 1.807) is 7.11 Å². The Kier molecular flexibility index (Phi) is 3.75. The smallest absolute Gasteiger partial charge is 0.103 e. The van der Waals surface area contributed by atoms with E-state index in [2.05, 4.69) is 38.7 Å². The molecule has 0 aromatic carbocycles. The number of hydrogen-bond donors (Lipinski definition) is 0. The van der Waals surface area contributed by atoms with Crippen molar-refractivity contribution in [1.29, 1.82) is 5.26 Å². The Hall–Kier alpha value is -0.590. The minimum Gasteiger partial charge on any atom is -0.380 e. The maximum absolute atomic E-state index is 9.27. The zero-order chi connectivity index (χ0) is 11.6. The molecule has 0 aliphatic carbocycles. The van der Waals surface area contributed by atoms with E-state index in [1.807, 2.05) is 0 Å². The van der Waals surface area contributed by atoms with Crippen molar-refractivity contribution in [3.63, 3.8) is 0 Å². The molecule has 0 spiro atoms. The first-order chi connectivity index (χ1) is 6.92. The zero-order valence-electron chi connectivity index (χ0n) is 10.4. The number of piperidine rings is 1. The topological polar surface area (TPSA) is 36.3 Å². The second-order valence-electron chi connectivity index (χ2n) is 5.37. The van der Waals surface area contributed by atoms with Crippen LogP contribution in [0.1, 0.15) is 34.1 Å². The SMILES string of the molecule is CO[C@@H]1CN(C(C)C)[C@H](C#N)C(C)(C)C1. The molecule has 0 bridgehead atoms. The van der Waals surface area contributed by atoms with Crippen molar-refractivity contribution < 1.29 is 4.74 Å². The summed E-state index contributed by atoms with van der Waals surface area (Å²) >= 11 is 0. The van der Waals surface area contributed by atoms with E-state index in [9.17, 15) is 5.26 Å². The third-order valence-corrected chi connectivity index (χ3v) is 3.36. The highest BCUT2D eigenvalue weighted by Gasteiger charge is 2.42. The molecule has 1 aliphatic heterocycles. The Labute approximate surface area is 93.0 Å². The van der Waals surface area contributed by atoms with E-state index >= 15 is 0 Å². The summed E-state index contributed by atoms with van der Waals surface area (Å²) in [4.78, 5) is 2.25. The summed E-state index contributed by atoms with van der Waals surface area (Å²) in [6.07, 6.45) is 1.22. The van der Waals surface area contributed by atoms with Crippen molar-refractivity contribution in [3.05, 3.63) is 0 Å². The predicted octanol–water partition coefficient (Wildman–Crippen LogP) is 2.03. The number of hydrogen-bond acceptors (Lipinski definition) is 3. The molecule has 0 saturated carbocycles. The Balaban J connectivity index is 2.89. The Morgan fingerprint density at radius 3 is 2.47 bits per heavy atom. The van der Waals surface area contributed by atoms with Gasteiger partial charge in [0.1, 0.15) is 6.04 Å². The monoisotopic (exact) mass is 210 g/mol. The molecule has 1 heterocycles. The van der Waals surface area contributed by atoms with Gasteiger partial charge in [0.25, 0.3) is 0 Å². The van der Waals surface area contributed by atoms with Crippen LogP contribution in [0, 0.1) is 16.7 Å². The van der Waals surface area contributed by atoms with Crippen molar-refractivity contribution in [3.8, 4) is 6.07 Å². The summed E-state index contributed by atoms with van der Waals surface area (Å²) in [7, 11) is 1.76. The summed E-state index contributed by atoms with van der Waals surface area (Å²) < 4.78 is 5.45. The highest BCUT2D eigenvalue weighted by Crippen LogP contribution is 2.36. The van der Waals surface area contributed by atoms with Crippen molar-refractivity contribution in [2.75, 3.05) is 13.7 Å². The fourth-order valence-electron chi connectivity index (χ4n) is 2.47. The van der Waals surface area contributed by atoms with Crippen LogP contribution in [0.4, 0.5) is 0 Å². The lowest BCUT2D eigenvalue weighted by molar-refractivity contribution is -0.0522. The van der Waals surface area contributed by atoms with Gasteiger partial charge in [0, 0.05) is 19.7 Å². The molecule has 1 saturated heterocycles. The van der Waals surface area contributed by atoms with Crippen molar-refractivity contribution >= 4 is 0 Å². The molecule has 2 atom stereocenters. The van der Waals surface area contributed by atoms with Gasteiger partial charge in [-0.2, -0.15) is 5.26 Å². The molecule has 0 N–H and O–H groups in total. The van der Waals surface area contributed by atoms with E-state index in [4.69, 9.17) is 4.74 Å². The van der Waals surface area contributed by atoms with Gasteiger partial charge >= 0.3 is 0 Å². The summed E-state index contributed by atoms with van der Waals surface area (Å²) in [5.41, 5.74) is 0.0119. The van der Waals surface area contributed by atoms with E-state index in [0.717, 1.165) is 13.0 Å². The third kappa shape index (κ3) is 2.50. The molecule has 0 amide bonds. The van der Waals surface area contributed by atoms with E-state index in [-0.39, 0.29) is 17.6 Å². The number of rotatable bonds is 2. The molecule has 1 rings (SSSR count). The largest absolute Gasteiger partial charge is 0.380 e. The van der Waals surface area contributed by atoms with Crippen LogP contribution in [-0.4, -0.2) is 36.7 Å². The number of nitriles is 1. The molecule has 0 radical (unpaired) electrons. The molecule has 1 aliphatic rings. The van der Waals surface area contributed by atoms with Gasteiger partial charge in [-0.15, -0.1) is 0 Å². The summed E-state index contributed by atoms with van der Waals surface area (Å²) in [6, 6.07) is 2.84. The first-order valence-electron chi connectivity index (χ1n) is 5.60. The lowest BCUT2D eigenvalue weighted by Crippen LogP contribution is -2.56. The van der Waals surface area contributed by atoms with Crippen LogP contribution >= 0.6 is 0 Å². The van der Waals surface area contributed by atoms with Crippen LogP contribution in [0.15, 0.2) is 0 Å². The second-order valence-corrected chi connectivity index (χ2v) is 5.37. The number of ether oxygens (including phenoxy) is 1. The highest BCUT2D eigenvalue weighted by atomic mass is 16.5. The van der Waals surface area contributed by atoms with Gasteiger partial charge in [-0.1, -0.05) is 13.8 Å². The van der Waals surface area contributed by atoms with Crippen molar-refractivity contribution in [1.82, 2.24) is 4.90 Å². The van der Waals surface area contributed by atoms with Crippen LogP contribution in [0.25, 0.3) is 0 Å². The number of nitrogens with zero attached hydrogens (tertiary/aromatic N) is 2. The Bertz CT molecular complexity index is 255. The molecular formula is C12H22N2O. The van der Waals surface area contributed by atoms with Crippen LogP contribution in [0.2, 0.25) is 0 Å². The van der Waals surface area contributed by atoms with E-state index in [1.165, 1.54) is 0 Å². The van der Waals surface area contributed by atoms with Gasteiger partial charge in [-0.3, -0.25) is 4.90 Å². The molecule has 0 aromatic heterocycles. The average molecular weight is 210 g/mol. The molecular weight excluding hydrogens is 188 g/mol. The van der Waals surface area contributed by atoms with Gasteiger partial charge in [0.15, 0.2) is 0 Å². The van der Waals surface area contributed by atoms with Crippen LogP contribution < -0.4 is 0 Å². The molecule has 3 heteroatoms. The zero-order valence-corrected chi connectivity index (χ0v) is 10.4. The fourth-order valence-corrected chi connectivity index (χ4v) is 2.47. The highest BCUT2D eigenvalue weighted by molar-refractivity contribution is 5.06. The van der Waals surface area contributed by atoms with Crippen LogP contribution in [0.3, 0.4) is 0 Å². The molecule has 0 aromatic rings. The minimum absolute atomic E-state index is 0.00361. The summed E-state index contributed by atoms with van der Waals surface area (Å²) in [5.74, 6) is 0. The van der Waals surface area contributed by atoms with Gasteiger partial charge in [-0.25, -0.2) is 0 Å². The standard InChI is InChI=1S/C12H22N2O/c1-9(2)14-8-10(15-5)6-12(3,4)11(14)7-13/h9-11H,6,8H2,1-5H3/t10-,11+/m0/s1. The maximum Gasteiger partial charge on any atom is 0.103 e. The normalized spacial score (nSPS) is 31.5. The first kappa shape index (κ1) is 12.5. The molecule has 1 fully saturated rings. The molecule has 0 unspecified atom stereocenters. The number of methoxy groups -OCH3 is 1.